The van der Waals surface area contributed by atoms with E-state index in [0.717, 1.165) is 0 Å². The van der Waals surface area contributed by atoms with Crippen molar-refractivity contribution in [2.45, 2.75) is 13.8 Å². The third kappa shape index (κ3) is 8.94. The molecule has 0 unspecified atom stereocenters. The quantitative estimate of drug-likeness (QED) is 0.455. The number of carbonyl (C=O) groups is 2. The van der Waals surface area contributed by atoms with E-state index in [9.17, 15) is 18.0 Å². The lowest BCUT2D eigenvalue weighted by molar-refractivity contribution is 0.103. The van der Waals surface area contributed by atoms with E-state index in [1.807, 2.05) is 50.2 Å². The van der Waals surface area contributed by atoms with Gasteiger partial charge in [0.15, 0.2) is 11.6 Å². The van der Waals surface area contributed by atoms with E-state index in [4.69, 9.17) is 9.29 Å². The highest BCUT2D eigenvalue weighted by Gasteiger charge is 2.16. The first kappa shape index (κ1) is 25.7. The monoisotopic (exact) mass is 442 g/mol. The second-order valence-corrected chi connectivity index (χ2v) is 7.54. The van der Waals surface area contributed by atoms with Crippen LogP contribution in [0, 0.1) is 0 Å². The number of hydrogen-bond donors (Lipinski definition) is 1. The predicted molar refractivity (Wildman–Crippen MR) is 122 cm³/mol. The van der Waals surface area contributed by atoms with Crippen LogP contribution >= 0.6 is 0 Å². The molecule has 0 aromatic heterocycles. The summed E-state index contributed by atoms with van der Waals surface area (Å²) in [4.78, 5) is 25.3. The third-order valence-electron chi connectivity index (χ3n) is 3.74. The summed E-state index contributed by atoms with van der Waals surface area (Å²) in [7, 11) is -2.15. The molecule has 0 atom stereocenters. The number of ether oxygens (including phenoxy) is 1. The third-order valence-corrected chi connectivity index (χ3v) is 3.74. The summed E-state index contributed by atoms with van der Waals surface area (Å²) in [5.41, 5.74) is 2.01. The lowest BCUT2D eigenvalue weighted by Crippen LogP contribution is -2.06. The lowest BCUT2D eigenvalue weighted by Gasteiger charge is -2.08. The van der Waals surface area contributed by atoms with Crippen molar-refractivity contribution in [3.8, 4) is 5.75 Å². The standard InChI is InChI=1S/C21H16O3.C2H6.CH4O3S/c1-24-19-13-17(20(22)15-8-4-2-5-9-15)12-18(14-19)21(23)16-10-6-3-7-11-16;1-2;1-5(2,3)4/h2-14H,1H3;1-2H3;1H3,(H,2,3,4). The number of methoxy groups -OCH3 is 1. The molecule has 0 aliphatic carbocycles. The Labute approximate surface area is 183 Å². The van der Waals surface area contributed by atoms with Crippen LogP contribution in [-0.4, -0.2) is 37.9 Å². The molecule has 0 bridgehead atoms. The van der Waals surface area contributed by atoms with Crippen LogP contribution in [0.25, 0.3) is 0 Å². The fourth-order valence-electron chi connectivity index (χ4n) is 2.49. The molecule has 3 aromatic carbocycles. The fourth-order valence-corrected chi connectivity index (χ4v) is 2.49. The zero-order chi connectivity index (χ0) is 23.4. The predicted octanol–water partition coefficient (Wildman–Crippen LogP) is 4.69. The summed E-state index contributed by atoms with van der Waals surface area (Å²) >= 11 is 0. The summed E-state index contributed by atoms with van der Waals surface area (Å²) in [6.07, 6.45) is 0.715. The maximum absolute atomic E-state index is 12.7. The Balaban J connectivity index is 0.000000605. The van der Waals surface area contributed by atoms with Crippen molar-refractivity contribution >= 4 is 21.7 Å². The molecule has 1 N–H and O–H groups in total. The highest BCUT2D eigenvalue weighted by molar-refractivity contribution is 7.85. The van der Waals surface area contributed by atoms with Crippen LogP contribution in [0.3, 0.4) is 0 Å². The molecule has 3 rings (SSSR count). The average molecular weight is 443 g/mol. The van der Waals surface area contributed by atoms with Gasteiger partial charge in [0.05, 0.1) is 13.4 Å². The topological polar surface area (TPSA) is 97.7 Å². The summed E-state index contributed by atoms with van der Waals surface area (Å²) in [5, 5.41) is 0. The first-order valence-corrected chi connectivity index (χ1v) is 11.3. The van der Waals surface area contributed by atoms with Gasteiger partial charge in [0.25, 0.3) is 10.1 Å². The Bertz CT molecular complexity index is 1010. The SMILES string of the molecule is CC.COc1cc(C(=O)c2ccccc2)cc(C(=O)c2ccccc2)c1.CS(=O)(=O)O. The van der Waals surface area contributed by atoms with E-state index in [1.165, 1.54) is 7.11 Å². The molecule has 164 valence electrons. The number of ketones is 2. The molecular formula is C24H26O6S. The van der Waals surface area contributed by atoms with Gasteiger partial charge in [0.1, 0.15) is 5.75 Å². The largest absolute Gasteiger partial charge is 0.497 e. The van der Waals surface area contributed by atoms with Crippen molar-refractivity contribution in [1.82, 2.24) is 0 Å². The summed E-state index contributed by atoms with van der Waals surface area (Å²) in [6.45, 7) is 4.00. The van der Waals surface area contributed by atoms with Crippen molar-refractivity contribution in [3.05, 3.63) is 101 Å². The molecule has 0 radical (unpaired) electrons. The van der Waals surface area contributed by atoms with E-state index in [2.05, 4.69) is 0 Å². The van der Waals surface area contributed by atoms with Gasteiger partial charge in [0, 0.05) is 22.3 Å². The lowest BCUT2D eigenvalue weighted by atomic mass is 9.97. The Kier molecular flexibility index (Phi) is 10.3. The maximum atomic E-state index is 12.7. The molecule has 0 saturated carbocycles. The molecule has 0 saturated heterocycles. The van der Waals surface area contributed by atoms with Crippen molar-refractivity contribution in [3.63, 3.8) is 0 Å². The van der Waals surface area contributed by atoms with Gasteiger partial charge in [-0.25, -0.2) is 0 Å². The average Bonchev–Trinajstić information content (AvgIpc) is 2.79. The number of rotatable bonds is 5. The van der Waals surface area contributed by atoms with Crippen molar-refractivity contribution in [1.29, 1.82) is 0 Å². The smallest absolute Gasteiger partial charge is 0.261 e. The van der Waals surface area contributed by atoms with E-state index in [1.54, 1.807) is 42.5 Å². The van der Waals surface area contributed by atoms with Gasteiger partial charge >= 0.3 is 0 Å². The Hall–Kier alpha value is -3.29. The zero-order valence-electron chi connectivity index (χ0n) is 17.9. The van der Waals surface area contributed by atoms with Gasteiger partial charge in [-0.05, 0) is 18.2 Å². The summed E-state index contributed by atoms with van der Waals surface area (Å²) < 4.78 is 31.1. The Morgan fingerprint density at radius 1 is 0.710 bits per heavy atom. The molecule has 0 aliphatic rings. The van der Waals surface area contributed by atoms with E-state index < -0.39 is 10.1 Å². The summed E-state index contributed by atoms with van der Waals surface area (Å²) in [6, 6.07) is 22.9. The first-order chi connectivity index (χ1) is 14.7. The molecule has 7 heteroatoms. The normalized spacial score (nSPS) is 9.97. The van der Waals surface area contributed by atoms with E-state index in [-0.39, 0.29) is 11.6 Å². The van der Waals surface area contributed by atoms with Crippen molar-refractivity contribution in [2.24, 2.45) is 0 Å². The number of benzene rings is 3. The second kappa shape index (κ2) is 12.4. The van der Waals surface area contributed by atoms with E-state index in [0.29, 0.717) is 34.3 Å². The van der Waals surface area contributed by atoms with Gasteiger partial charge in [-0.3, -0.25) is 14.1 Å². The van der Waals surface area contributed by atoms with Gasteiger partial charge in [-0.1, -0.05) is 74.5 Å². The molecule has 0 fully saturated rings. The van der Waals surface area contributed by atoms with Crippen molar-refractivity contribution < 1.29 is 27.3 Å². The van der Waals surface area contributed by atoms with Crippen LogP contribution in [0.4, 0.5) is 0 Å². The van der Waals surface area contributed by atoms with Crippen LogP contribution in [-0.2, 0) is 10.1 Å². The van der Waals surface area contributed by atoms with Gasteiger partial charge in [0.2, 0.25) is 0 Å². The van der Waals surface area contributed by atoms with Crippen LogP contribution < -0.4 is 4.74 Å². The Morgan fingerprint density at radius 3 is 1.32 bits per heavy atom. The van der Waals surface area contributed by atoms with Crippen LogP contribution in [0.1, 0.15) is 45.7 Å². The number of hydrogen-bond acceptors (Lipinski definition) is 5. The molecule has 0 aliphatic heterocycles. The van der Waals surface area contributed by atoms with Crippen LogP contribution in [0.2, 0.25) is 0 Å². The fraction of sp³-hybridized carbons (Fsp3) is 0.167. The minimum atomic E-state index is -3.67. The molecule has 3 aromatic rings. The second-order valence-electron chi connectivity index (χ2n) is 6.07. The molecule has 0 heterocycles. The minimum absolute atomic E-state index is 0.142. The molecular weight excluding hydrogens is 416 g/mol. The highest BCUT2D eigenvalue weighted by atomic mass is 32.2. The van der Waals surface area contributed by atoms with E-state index >= 15 is 0 Å². The molecule has 0 amide bonds. The highest BCUT2D eigenvalue weighted by Crippen LogP contribution is 2.22. The van der Waals surface area contributed by atoms with Gasteiger partial charge < -0.3 is 4.74 Å². The molecule has 0 spiro atoms. The Morgan fingerprint density at radius 2 is 1.03 bits per heavy atom. The van der Waals surface area contributed by atoms with Gasteiger partial charge in [-0.2, -0.15) is 8.42 Å². The van der Waals surface area contributed by atoms with Gasteiger partial charge in [-0.15, -0.1) is 0 Å². The zero-order valence-corrected chi connectivity index (χ0v) is 18.7. The minimum Gasteiger partial charge on any atom is -0.497 e. The van der Waals surface area contributed by atoms with Crippen LogP contribution in [0.15, 0.2) is 78.9 Å². The first-order valence-electron chi connectivity index (χ1n) is 9.50. The molecule has 6 nitrogen and oxygen atoms in total. The van der Waals surface area contributed by atoms with Crippen molar-refractivity contribution in [2.75, 3.05) is 13.4 Å². The van der Waals surface area contributed by atoms with Crippen LogP contribution in [0.5, 0.6) is 5.75 Å². The summed E-state index contributed by atoms with van der Waals surface area (Å²) in [5.74, 6) is 0.198. The maximum Gasteiger partial charge on any atom is 0.261 e. The molecule has 31 heavy (non-hydrogen) atoms. The number of carbonyl (C=O) groups excluding carboxylic acids is 2.